The van der Waals surface area contributed by atoms with Gasteiger partial charge in [-0.3, -0.25) is 4.79 Å². The van der Waals surface area contributed by atoms with Crippen LogP contribution in [0.3, 0.4) is 0 Å². The molecule has 2 N–H and O–H groups in total. The quantitative estimate of drug-likeness (QED) is 0.669. The van der Waals surface area contributed by atoms with E-state index in [1.54, 1.807) is 42.5 Å². The Labute approximate surface area is 119 Å². The predicted molar refractivity (Wildman–Crippen MR) is 77.3 cm³/mol. The Balaban J connectivity index is 2.21. The first-order valence-electron chi connectivity index (χ1n) is 5.56. The van der Waals surface area contributed by atoms with Crippen molar-refractivity contribution in [1.29, 1.82) is 0 Å². The van der Waals surface area contributed by atoms with E-state index in [-0.39, 0.29) is 22.8 Å². The molecule has 0 radical (unpaired) electrons. The molecule has 0 aliphatic carbocycles. The van der Waals surface area contributed by atoms with E-state index < -0.39 is 0 Å². The average molecular weight is 319 g/mol. The van der Waals surface area contributed by atoms with Crippen LogP contribution in [0.5, 0.6) is 11.5 Å². The number of halogens is 1. The first-order valence-corrected chi connectivity index (χ1v) is 6.35. The van der Waals surface area contributed by atoms with Gasteiger partial charge in [0.05, 0.1) is 5.56 Å². The van der Waals surface area contributed by atoms with Gasteiger partial charge < -0.3 is 10.2 Å². The molecule has 2 rings (SSSR count). The number of aromatic hydroxyl groups is 2. The summed E-state index contributed by atoms with van der Waals surface area (Å²) in [5.41, 5.74) is 1.03. The molecule has 0 amide bonds. The molecule has 0 heterocycles. The van der Waals surface area contributed by atoms with Gasteiger partial charge in [0.2, 0.25) is 0 Å². The summed E-state index contributed by atoms with van der Waals surface area (Å²) >= 11 is 3.25. The van der Waals surface area contributed by atoms with Crippen LogP contribution in [0.25, 0.3) is 6.08 Å². The zero-order chi connectivity index (χ0) is 13.8. The van der Waals surface area contributed by atoms with Gasteiger partial charge in [0.1, 0.15) is 11.5 Å². The second kappa shape index (κ2) is 5.71. The van der Waals surface area contributed by atoms with Gasteiger partial charge in [0, 0.05) is 4.47 Å². The summed E-state index contributed by atoms with van der Waals surface area (Å²) in [6.07, 6.45) is 3.01. The summed E-state index contributed by atoms with van der Waals surface area (Å²) in [6.45, 7) is 0. The largest absolute Gasteiger partial charge is 0.508 e. The second-order valence-electron chi connectivity index (χ2n) is 3.95. The molecule has 96 valence electrons. The van der Waals surface area contributed by atoms with Crippen LogP contribution in [-0.4, -0.2) is 16.0 Å². The highest BCUT2D eigenvalue weighted by Crippen LogP contribution is 2.23. The molecule has 0 fully saturated rings. The summed E-state index contributed by atoms with van der Waals surface area (Å²) in [6, 6.07) is 11.2. The number of phenols is 2. The van der Waals surface area contributed by atoms with Gasteiger partial charge in [0.25, 0.3) is 0 Å². The van der Waals surface area contributed by atoms with Crippen molar-refractivity contribution < 1.29 is 15.0 Å². The first-order chi connectivity index (χ1) is 9.06. The second-order valence-corrected chi connectivity index (χ2v) is 4.87. The fraction of sp³-hybridized carbons (Fsp3) is 0. The molecule has 0 atom stereocenters. The summed E-state index contributed by atoms with van der Waals surface area (Å²) in [5, 5.41) is 18.8. The van der Waals surface area contributed by atoms with E-state index in [2.05, 4.69) is 15.9 Å². The Kier molecular flexibility index (Phi) is 4.02. The molecule has 0 saturated carbocycles. The molecule has 19 heavy (non-hydrogen) atoms. The van der Waals surface area contributed by atoms with E-state index in [1.807, 2.05) is 0 Å². The highest BCUT2D eigenvalue weighted by Gasteiger charge is 2.08. The smallest absolute Gasteiger partial charge is 0.189 e. The number of hydrogen-bond donors (Lipinski definition) is 2. The van der Waals surface area contributed by atoms with E-state index >= 15 is 0 Å². The number of benzene rings is 2. The summed E-state index contributed by atoms with van der Waals surface area (Å²) in [5.74, 6) is -0.163. The number of ketones is 1. The minimum atomic E-state index is -0.285. The highest BCUT2D eigenvalue weighted by atomic mass is 79.9. The lowest BCUT2D eigenvalue weighted by atomic mass is 10.1. The van der Waals surface area contributed by atoms with Gasteiger partial charge in [0.15, 0.2) is 5.78 Å². The van der Waals surface area contributed by atoms with Gasteiger partial charge in [-0.25, -0.2) is 0 Å². The Morgan fingerprint density at radius 2 is 1.74 bits per heavy atom. The maximum atomic E-state index is 11.9. The van der Waals surface area contributed by atoms with Gasteiger partial charge >= 0.3 is 0 Å². The molecule has 0 aliphatic rings. The number of hydrogen-bond acceptors (Lipinski definition) is 3. The summed E-state index contributed by atoms with van der Waals surface area (Å²) in [7, 11) is 0. The lowest BCUT2D eigenvalue weighted by Gasteiger charge is -2.01. The van der Waals surface area contributed by atoms with E-state index in [1.165, 1.54) is 12.1 Å². The van der Waals surface area contributed by atoms with Crippen molar-refractivity contribution in [2.45, 2.75) is 0 Å². The number of phenolic OH excluding ortho intramolecular Hbond substituents is 2. The molecular formula is C15H11BrO3. The monoisotopic (exact) mass is 318 g/mol. The Morgan fingerprint density at radius 1 is 1.05 bits per heavy atom. The Hall–Kier alpha value is -2.07. The van der Waals surface area contributed by atoms with Crippen LogP contribution in [0.4, 0.5) is 0 Å². The molecule has 0 aliphatic heterocycles. The zero-order valence-electron chi connectivity index (χ0n) is 9.88. The number of rotatable bonds is 3. The topological polar surface area (TPSA) is 57.5 Å². The molecule has 0 aromatic heterocycles. The predicted octanol–water partition coefficient (Wildman–Crippen LogP) is 3.76. The van der Waals surface area contributed by atoms with Crippen molar-refractivity contribution in [3.8, 4) is 11.5 Å². The van der Waals surface area contributed by atoms with E-state index in [9.17, 15) is 9.90 Å². The molecule has 4 heteroatoms. The third-order valence-corrected chi connectivity index (χ3v) is 3.04. The minimum Gasteiger partial charge on any atom is -0.508 e. The fourth-order valence-corrected chi connectivity index (χ4v) is 1.91. The van der Waals surface area contributed by atoms with Gasteiger partial charge in [-0.1, -0.05) is 34.1 Å². The molecule has 2 aromatic rings. The van der Waals surface area contributed by atoms with Crippen LogP contribution in [0.2, 0.25) is 0 Å². The number of carbonyl (C=O) groups excluding carboxylic acids is 1. The first kappa shape index (κ1) is 13.4. The van der Waals surface area contributed by atoms with Crippen molar-refractivity contribution >= 4 is 27.8 Å². The van der Waals surface area contributed by atoms with Gasteiger partial charge in [-0.15, -0.1) is 0 Å². The Bertz CT molecular complexity index is 630. The summed E-state index contributed by atoms with van der Waals surface area (Å²) < 4.78 is 0.728. The molecule has 3 nitrogen and oxygen atoms in total. The van der Waals surface area contributed by atoms with Crippen molar-refractivity contribution in [3.05, 3.63) is 64.1 Å². The molecule has 2 aromatic carbocycles. The third-order valence-electron chi connectivity index (χ3n) is 2.54. The molecule has 0 spiro atoms. The zero-order valence-corrected chi connectivity index (χ0v) is 11.5. The highest BCUT2D eigenvalue weighted by molar-refractivity contribution is 9.10. The normalized spacial score (nSPS) is 10.8. The van der Waals surface area contributed by atoms with Crippen LogP contribution in [0.15, 0.2) is 53.0 Å². The van der Waals surface area contributed by atoms with Crippen molar-refractivity contribution in [2.75, 3.05) is 0 Å². The third kappa shape index (κ3) is 3.45. The molecule has 0 unspecified atom stereocenters. The van der Waals surface area contributed by atoms with Crippen LogP contribution in [0.1, 0.15) is 15.9 Å². The summed E-state index contributed by atoms with van der Waals surface area (Å²) in [4.78, 5) is 11.9. The maximum absolute atomic E-state index is 11.9. The van der Waals surface area contributed by atoms with E-state index in [4.69, 9.17) is 5.11 Å². The minimum absolute atomic E-state index is 0.0523. The average Bonchev–Trinajstić information content (AvgIpc) is 2.40. The Morgan fingerprint density at radius 3 is 2.42 bits per heavy atom. The maximum Gasteiger partial charge on any atom is 0.189 e. The number of carbonyl (C=O) groups is 1. The lowest BCUT2D eigenvalue weighted by Crippen LogP contribution is -1.94. The number of allylic oxidation sites excluding steroid dienone is 1. The molecule has 0 bridgehead atoms. The standard InChI is InChI=1S/C15H11BrO3/c16-11-4-8-15(19)13(9-11)14(18)7-3-10-1-5-12(17)6-2-10/h1-9,17,19H/b7-3+. The van der Waals surface area contributed by atoms with Crippen LogP contribution in [-0.2, 0) is 0 Å². The SMILES string of the molecule is O=C(/C=C/c1ccc(O)cc1)c1cc(Br)ccc1O. The van der Waals surface area contributed by atoms with Crippen molar-refractivity contribution in [1.82, 2.24) is 0 Å². The fourth-order valence-electron chi connectivity index (χ4n) is 1.55. The van der Waals surface area contributed by atoms with Crippen molar-refractivity contribution in [2.24, 2.45) is 0 Å². The molecular weight excluding hydrogens is 308 g/mol. The molecule has 0 saturated heterocycles. The van der Waals surface area contributed by atoms with Crippen LogP contribution < -0.4 is 0 Å². The van der Waals surface area contributed by atoms with Crippen LogP contribution >= 0.6 is 15.9 Å². The lowest BCUT2D eigenvalue weighted by molar-refractivity contribution is 0.104. The van der Waals surface area contributed by atoms with E-state index in [0.717, 1.165) is 10.0 Å². The van der Waals surface area contributed by atoms with Crippen molar-refractivity contribution in [3.63, 3.8) is 0 Å². The van der Waals surface area contributed by atoms with E-state index in [0.29, 0.717) is 0 Å². The van der Waals surface area contributed by atoms with Crippen LogP contribution in [0, 0.1) is 0 Å². The van der Waals surface area contributed by atoms with Gasteiger partial charge in [-0.05, 0) is 42.0 Å². The van der Waals surface area contributed by atoms with Gasteiger partial charge in [-0.2, -0.15) is 0 Å².